The number of para-hydroxylation sites is 2. The fourth-order valence-corrected chi connectivity index (χ4v) is 3.79. The van der Waals surface area contributed by atoms with Crippen LogP contribution in [0, 0.1) is 18.8 Å². The van der Waals surface area contributed by atoms with Gasteiger partial charge in [0.25, 0.3) is 0 Å². The van der Waals surface area contributed by atoms with Gasteiger partial charge in [-0.3, -0.25) is 14.8 Å². The monoisotopic (exact) mass is 510 g/mol. The van der Waals surface area contributed by atoms with Gasteiger partial charge in [0.15, 0.2) is 0 Å². The summed E-state index contributed by atoms with van der Waals surface area (Å²) in [5, 5.41) is 11.5. The van der Waals surface area contributed by atoms with E-state index in [2.05, 4.69) is 41.3 Å². The van der Waals surface area contributed by atoms with Gasteiger partial charge in [0, 0.05) is 12.3 Å². The summed E-state index contributed by atoms with van der Waals surface area (Å²) in [7, 11) is 0. The Kier molecular flexibility index (Phi) is 13.2. The van der Waals surface area contributed by atoms with Crippen LogP contribution in [0.25, 0.3) is 11.0 Å². The largest absolute Gasteiger partial charge is 0.494 e. The Labute approximate surface area is 220 Å². The molecule has 8 heteroatoms. The van der Waals surface area contributed by atoms with E-state index in [1.165, 1.54) is 18.4 Å². The zero-order valence-electron chi connectivity index (χ0n) is 22.5. The first-order valence-electron chi connectivity index (χ1n) is 13.2. The normalized spacial score (nSPS) is 12.2. The second kappa shape index (κ2) is 16.4. The maximum Gasteiger partial charge on any atom is 0.244 e. The van der Waals surface area contributed by atoms with Crippen LogP contribution in [-0.4, -0.2) is 33.6 Å². The van der Waals surface area contributed by atoms with Gasteiger partial charge >= 0.3 is 0 Å². The van der Waals surface area contributed by atoms with Crippen molar-refractivity contribution in [2.45, 2.75) is 72.8 Å². The van der Waals surface area contributed by atoms with Gasteiger partial charge in [-0.25, -0.2) is 10.5 Å². The standard InChI is InChI=1S/C17H24N4O3.C12H18O/c1-3-11(2)8-12(9-16(22)21-24)17(23)18-10-15-19-13-6-4-5-7-14(13)20-15;1-3-4-5-10-13-12-8-6-11(2)7-9-12/h4-7,11-12,24H,3,8-10H2,1-2H3,(H,18,23)(H,19,20)(H,21,22);6-9H,3-5,10H2,1-2H3. The van der Waals surface area contributed by atoms with Crippen LogP contribution in [0.15, 0.2) is 48.5 Å². The van der Waals surface area contributed by atoms with Gasteiger partial charge in [-0.2, -0.15) is 0 Å². The Morgan fingerprint density at radius 3 is 2.46 bits per heavy atom. The number of nitrogens with zero attached hydrogens (tertiary/aromatic N) is 1. The van der Waals surface area contributed by atoms with Crippen molar-refractivity contribution in [1.29, 1.82) is 0 Å². The number of benzene rings is 2. The Hall–Kier alpha value is -3.39. The summed E-state index contributed by atoms with van der Waals surface area (Å²) in [6, 6.07) is 15.9. The van der Waals surface area contributed by atoms with E-state index in [9.17, 15) is 9.59 Å². The molecule has 2 amide bonds. The van der Waals surface area contributed by atoms with Crippen LogP contribution in [0.3, 0.4) is 0 Å². The molecule has 0 bridgehead atoms. The number of imidazole rings is 1. The van der Waals surface area contributed by atoms with Gasteiger partial charge in [-0.05, 0) is 49.9 Å². The van der Waals surface area contributed by atoms with E-state index in [1.54, 1.807) is 5.48 Å². The number of H-pyrrole nitrogens is 1. The molecule has 0 aliphatic rings. The van der Waals surface area contributed by atoms with E-state index in [-0.39, 0.29) is 18.9 Å². The Balaban J connectivity index is 0.000000312. The fraction of sp³-hybridized carbons (Fsp3) is 0.483. The van der Waals surface area contributed by atoms with Crippen molar-refractivity contribution >= 4 is 22.8 Å². The number of ether oxygens (including phenoxy) is 1. The maximum atomic E-state index is 12.4. The van der Waals surface area contributed by atoms with E-state index in [1.807, 2.05) is 50.2 Å². The minimum absolute atomic E-state index is 0.0349. The topological polar surface area (TPSA) is 116 Å². The molecule has 202 valence electrons. The second-order valence-corrected chi connectivity index (χ2v) is 9.47. The summed E-state index contributed by atoms with van der Waals surface area (Å²) in [5.41, 5.74) is 4.63. The molecule has 8 nitrogen and oxygen atoms in total. The molecule has 2 unspecified atom stereocenters. The molecule has 2 aromatic carbocycles. The molecule has 0 saturated heterocycles. The number of hydroxylamine groups is 1. The van der Waals surface area contributed by atoms with E-state index in [0.29, 0.717) is 18.2 Å². The lowest BCUT2D eigenvalue weighted by Crippen LogP contribution is -2.35. The van der Waals surface area contributed by atoms with Gasteiger partial charge in [-0.1, -0.05) is 69.9 Å². The lowest BCUT2D eigenvalue weighted by atomic mass is 9.90. The summed E-state index contributed by atoms with van der Waals surface area (Å²) in [4.78, 5) is 31.4. The number of carbonyl (C=O) groups excluding carboxylic acids is 2. The Morgan fingerprint density at radius 1 is 1.08 bits per heavy atom. The number of rotatable bonds is 13. The fourth-order valence-electron chi connectivity index (χ4n) is 3.79. The third kappa shape index (κ3) is 11.0. The highest BCUT2D eigenvalue weighted by Crippen LogP contribution is 2.19. The van der Waals surface area contributed by atoms with E-state index < -0.39 is 11.8 Å². The van der Waals surface area contributed by atoms with Crippen molar-refractivity contribution in [3.63, 3.8) is 0 Å². The number of aryl methyl sites for hydroxylation is 1. The van der Waals surface area contributed by atoms with Crippen LogP contribution in [0.1, 0.15) is 70.7 Å². The third-order valence-electron chi connectivity index (χ3n) is 6.22. The van der Waals surface area contributed by atoms with Gasteiger partial charge in [0.1, 0.15) is 11.6 Å². The van der Waals surface area contributed by atoms with Crippen LogP contribution in [0.4, 0.5) is 0 Å². The van der Waals surface area contributed by atoms with E-state index in [4.69, 9.17) is 9.94 Å². The second-order valence-electron chi connectivity index (χ2n) is 9.47. The molecule has 1 heterocycles. The quantitative estimate of drug-likeness (QED) is 0.134. The zero-order valence-corrected chi connectivity index (χ0v) is 22.5. The van der Waals surface area contributed by atoms with Gasteiger partial charge < -0.3 is 15.0 Å². The van der Waals surface area contributed by atoms with Crippen LogP contribution >= 0.6 is 0 Å². The Bertz CT molecular complexity index is 1050. The van der Waals surface area contributed by atoms with Crippen LogP contribution < -0.4 is 15.5 Å². The Morgan fingerprint density at radius 2 is 1.81 bits per heavy atom. The molecule has 1 aromatic heterocycles. The lowest BCUT2D eigenvalue weighted by molar-refractivity contribution is -0.135. The number of fused-ring (bicyclic) bond motifs is 1. The SMILES string of the molecule is CCC(C)CC(CC(=O)NO)C(=O)NCc1nc2ccccc2[nH]1.CCCCCOc1ccc(C)cc1. The van der Waals surface area contributed by atoms with Crippen LogP contribution in [-0.2, 0) is 16.1 Å². The number of hydrogen-bond donors (Lipinski definition) is 4. The zero-order chi connectivity index (χ0) is 27.0. The average Bonchev–Trinajstić information content (AvgIpc) is 3.33. The predicted molar refractivity (Wildman–Crippen MR) is 146 cm³/mol. The number of aromatic nitrogens is 2. The molecule has 0 saturated carbocycles. The van der Waals surface area contributed by atoms with Crippen LogP contribution in [0.5, 0.6) is 5.75 Å². The van der Waals surface area contributed by atoms with Crippen molar-refractivity contribution in [2.24, 2.45) is 11.8 Å². The van der Waals surface area contributed by atoms with Crippen molar-refractivity contribution < 1.29 is 19.5 Å². The smallest absolute Gasteiger partial charge is 0.244 e. The van der Waals surface area contributed by atoms with E-state index in [0.717, 1.165) is 36.2 Å². The van der Waals surface area contributed by atoms with E-state index >= 15 is 0 Å². The number of unbranched alkanes of at least 4 members (excludes halogenated alkanes) is 2. The number of aromatic amines is 1. The highest BCUT2D eigenvalue weighted by atomic mass is 16.5. The molecular weight excluding hydrogens is 468 g/mol. The van der Waals surface area contributed by atoms with Crippen molar-refractivity contribution in [1.82, 2.24) is 20.8 Å². The molecule has 3 aromatic rings. The third-order valence-corrected chi connectivity index (χ3v) is 6.22. The molecule has 3 rings (SSSR count). The first kappa shape index (κ1) is 29.8. The summed E-state index contributed by atoms with van der Waals surface area (Å²) in [6.07, 6.45) is 5.14. The van der Waals surface area contributed by atoms with Crippen LogP contribution in [0.2, 0.25) is 0 Å². The molecule has 0 fully saturated rings. The highest BCUT2D eigenvalue weighted by molar-refractivity contribution is 5.85. The molecule has 2 atom stereocenters. The molecule has 4 N–H and O–H groups in total. The van der Waals surface area contributed by atoms with Gasteiger partial charge in [0.05, 0.1) is 24.2 Å². The van der Waals surface area contributed by atoms with Crippen molar-refractivity contribution in [3.8, 4) is 5.75 Å². The first-order valence-corrected chi connectivity index (χ1v) is 13.2. The minimum atomic E-state index is -0.554. The first-order chi connectivity index (χ1) is 17.9. The lowest BCUT2D eigenvalue weighted by Gasteiger charge is -2.18. The van der Waals surface area contributed by atoms with Crippen molar-refractivity contribution in [3.05, 3.63) is 59.9 Å². The van der Waals surface area contributed by atoms with Crippen molar-refractivity contribution in [2.75, 3.05) is 6.61 Å². The molecule has 0 aliphatic carbocycles. The molecule has 0 radical (unpaired) electrons. The summed E-state index contributed by atoms with van der Waals surface area (Å²) < 4.78 is 5.56. The predicted octanol–water partition coefficient (Wildman–Crippen LogP) is 5.69. The number of carbonyl (C=O) groups is 2. The number of nitrogens with one attached hydrogen (secondary N) is 3. The highest BCUT2D eigenvalue weighted by Gasteiger charge is 2.23. The number of amides is 2. The average molecular weight is 511 g/mol. The van der Waals surface area contributed by atoms with Gasteiger partial charge in [-0.15, -0.1) is 0 Å². The minimum Gasteiger partial charge on any atom is -0.494 e. The molecule has 0 aliphatic heterocycles. The molecular formula is C29H42N4O4. The molecule has 0 spiro atoms. The van der Waals surface area contributed by atoms with Gasteiger partial charge in [0.2, 0.25) is 11.8 Å². The summed E-state index contributed by atoms with van der Waals surface area (Å²) in [5.74, 6) is 0.733. The maximum absolute atomic E-state index is 12.4. The summed E-state index contributed by atoms with van der Waals surface area (Å²) >= 11 is 0. The summed E-state index contributed by atoms with van der Waals surface area (Å²) in [6.45, 7) is 9.48. The number of hydrogen-bond acceptors (Lipinski definition) is 5. The molecule has 37 heavy (non-hydrogen) atoms.